The first-order valence-corrected chi connectivity index (χ1v) is 9.44. The normalized spacial score (nSPS) is 11.3. The van der Waals surface area contributed by atoms with E-state index in [9.17, 15) is 18.4 Å². The first kappa shape index (κ1) is 20.8. The average Bonchev–Trinajstić information content (AvgIpc) is 2.63. The van der Waals surface area contributed by atoms with Crippen LogP contribution in [-0.2, 0) is 11.3 Å². The highest BCUT2D eigenvalue weighted by Gasteiger charge is 2.18. The average molecular weight is 467 g/mol. The van der Waals surface area contributed by atoms with Crippen molar-refractivity contribution in [2.75, 3.05) is 0 Å². The monoisotopic (exact) mass is 466 g/mol. The van der Waals surface area contributed by atoms with Gasteiger partial charge in [0.2, 0.25) is 5.91 Å². The molecule has 10 heteroatoms. The summed E-state index contributed by atoms with van der Waals surface area (Å²) in [6.45, 7) is 0.313. The Morgan fingerprint density at radius 3 is 2.76 bits per heavy atom. The third-order valence-electron chi connectivity index (χ3n) is 3.85. The van der Waals surface area contributed by atoms with Gasteiger partial charge in [-0.3, -0.25) is 14.2 Å². The van der Waals surface area contributed by atoms with E-state index in [2.05, 4.69) is 36.0 Å². The summed E-state index contributed by atoms with van der Waals surface area (Å²) in [5.41, 5.74) is 0.0380. The molecule has 0 aliphatic heterocycles. The molecule has 0 radical (unpaired) electrons. The van der Waals surface area contributed by atoms with Gasteiger partial charge in [0.05, 0.1) is 5.39 Å². The molecule has 1 N–H and O–H groups in total. The van der Waals surface area contributed by atoms with Gasteiger partial charge in [0.25, 0.3) is 5.56 Å². The van der Waals surface area contributed by atoms with Crippen LogP contribution in [0.4, 0.5) is 8.78 Å². The van der Waals surface area contributed by atoms with E-state index in [4.69, 9.17) is 0 Å². The number of amides is 1. The molecule has 2 heterocycles. The number of benzene rings is 1. The van der Waals surface area contributed by atoms with Crippen molar-refractivity contribution >= 4 is 32.9 Å². The lowest BCUT2D eigenvalue weighted by Gasteiger charge is -2.15. The second-order valence-electron chi connectivity index (χ2n) is 6.48. The molecular weight excluding hydrogens is 450 g/mol. The molecule has 1 amide bonds. The molecule has 0 saturated heterocycles. The second kappa shape index (κ2) is 8.64. The number of ether oxygens (including phenoxy) is 1. The zero-order chi connectivity index (χ0) is 21.1. The number of carbonyl (C=O) groups is 1. The summed E-state index contributed by atoms with van der Waals surface area (Å²) >= 11 is 3.27. The maximum atomic E-state index is 13.1. The minimum atomic E-state index is -2.99. The van der Waals surface area contributed by atoms with E-state index >= 15 is 0 Å². The molecule has 2 aromatic heterocycles. The lowest BCUT2D eigenvalue weighted by molar-refractivity contribution is -0.122. The standard InChI is InChI=1S/C19H17BrF2N4O3/c1-10(2)24-15(27)9-26-17(11-4-3-5-13(6-11)29-19(21)22)25-16-14(18(26)28)7-12(20)8-23-16/h3-8,10,19H,9H2,1-2H3,(H,24,27). The Kier molecular flexibility index (Phi) is 6.21. The summed E-state index contributed by atoms with van der Waals surface area (Å²) in [6.07, 6.45) is 1.49. The quantitative estimate of drug-likeness (QED) is 0.601. The minimum Gasteiger partial charge on any atom is -0.435 e. The van der Waals surface area contributed by atoms with Gasteiger partial charge < -0.3 is 10.1 Å². The van der Waals surface area contributed by atoms with Crippen molar-refractivity contribution in [3.63, 3.8) is 0 Å². The van der Waals surface area contributed by atoms with E-state index < -0.39 is 12.2 Å². The van der Waals surface area contributed by atoms with Crippen LogP contribution < -0.4 is 15.6 Å². The van der Waals surface area contributed by atoms with Crippen LogP contribution in [0.5, 0.6) is 5.75 Å². The number of hydrogen-bond donors (Lipinski definition) is 1. The molecule has 152 valence electrons. The zero-order valence-corrected chi connectivity index (χ0v) is 17.1. The van der Waals surface area contributed by atoms with Crippen molar-refractivity contribution in [3.8, 4) is 17.1 Å². The number of nitrogens with one attached hydrogen (secondary N) is 1. The molecule has 0 bridgehead atoms. The van der Waals surface area contributed by atoms with Gasteiger partial charge in [-0.2, -0.15) is 8.78 Å². The van der Waals surface area contributed by atoms with E-state index in [1.165, 1.54) is 29.0 Å². The first-order chi connectivity index (χ1) is 13.7. The molecule has 0 fully saturated rings. The van der Waals surface area contributed by atoms with Crippen LogP contribution in [0.3, 0.4) is 0 Å². The van der Waals surface area contributed by atoms with Gasteiger partial charge in [-0.15, -0.1) is 0 Å². The van der Waals surface area contributed by atoms with E-state index in [0.717, 1.165) is 0 Å². The summed E-state index contributed by atoms with van der Waals surface area (Å²) in [7, 11) is 0. The molecule has 0 saturated carbocycles. The lowest BCUT2D eigenvalue weighted by Crippen LogP contribution is -2.37. The number of pyridine rings is 1. The Morgan fingerprint density at radius 2 is 2.07 bits per heavy atom. The van der Waals surface area contributed by atoms with Gasteiger partial charge in [-0.25, -0.2) is 9.97 Å². The highest BCUT2D eigenvalue weighted by Crippen LogP contribution is 2.24. The molecule has 1 aromatic carbocycles. The third-order valence-corrected chi connectivity index (χ3v) is 4.28. The Morgan fingerprint density at radius 1 is 1.31 bits per heavy atom. The van der Waals surface area contributed by atoms with Gasteiger partial charge in [0, 0.05) is 22.3 Å². The zero-order valence-electron chi connectivity index (χ0n) is 15.5. The smallest absolute Gasteiger partial charge is 0.387 e. The van der Waals surface area contributed by atoms with Gasteiger partial charge in [-0.1, -0.05) is 12.1 Å². The molecule has 0 aliphatic carbocycles. The lowest BCUT2D eigenvalue weighted by atomic mass is 10.2. The van der Waals surface area contributed by atoms with Crippen LogP contribution in [0, 0.1) is 0 Å². The topological polar surface area (TPSA) is 86.1 Å². The Bertz CT molecular complexity index is 1120. The van der Waals surface area contributed by atoms with Crippen molar-refractivity contribution in [2.45, 2.75) is 33.0 Å². The number of carbonyl (C=O) groups excluding carboxylic acids is 1. The van der Waals surface area contributed by atoms with Crippen LogP contribution in [0.15, 0.2) is 45.8 Å². The van der Waals surface area contributed by atoms with Crippen LogP contribution in [-0.4, -0.2) is 33.1 Å². The number of aromatic nitrogens is 3. The maximum Gasteiger partial charge on any atom is 0.387 e. The molecule has 0 atom stereocenters. The number of rotatable bonds is 6. The van der Waals surface area contributed by atoms with Crippen LogP contribution in [0.25, 0.3) is 22.4 Å². The summed E-state index contributed by atoms with van der Waals surface area (Å²) in [5, 5.41) is 2.94. The predicted molar refractivity (Wildman–Crippen MR) is 107 cm³/mol. The number of halogens is 3. The minimum absolute atomic E-state index is 0.0891. The Labute approximate surface area is 172 Å². The van der Waals surface area contributed by atoms with Crippen molar-refractivity contribution < 1.29 is 18.3 Å². The van der Waals surface area contributed by atoms with Gasteiger partial charge in [0.1, 0.15) is 18.1 Å². The molecule has 0 spiro atoms. The first-order valence-electron chi connectivity index (χ1n) is 8.65. The van der Waals surface area contributed by atoms with E-state index in [1.54, 1.807) is 26.0 Å². The van der Waals surface area contributed by atoms with Crippen molar-refractivity contribution in [1.82, 2.24) is 19.9 Å². The van der Waals surface area contributed by atoms with E-state index in [0.29, 0.717) is 10.0 Å². The summed E-state index contributed by atoms with van der Waals surface area (Å²) in [6, 6.07) is 7.22. The van der Waals surface area contributed by atoms with E-state index in [1.807, 2.05) is 0 Å². The van der Waals surface area contributed by atoms with Crippen molar-refractivity contribution in [2.24, 2.45) is 0 Å². The molecule has 29 heavy (non-hydrogen) atoms. The molecule has 0 unspecified atom stereocenters. The Balaban J connectivity index is 2.19. The number of fused-ring (bicyclic) bond motifs is 1. The number of alkyl halides is 2. The molecule has 3 rings (SSSR count). The van der Waals surface area contributed by atoms with Crippen LogP contribution in [0.2, 0.25) is 0 Å². The Hall–Kier alpha value is -2.88. The highest BCUT2D eigenvalue weighted by molar-refractivity contribution is 9.10. The van der Waals surface area contributed by atoms with E-state index in [-0.39, 0.29) is 41.1 Å². The summed E-state index contributed by atoms with van der Waals surface area (Å²) in [4.78, 5) is 34.0. The highest BCUT2D eigenvalue weighted by atomic mass is 79.9. The summed E-state index contributed by atoms with van der Waals surface area (Å²) in [5.74, 6) is -0.350. The van der Waals surface area contributed by atoms with Crippen molar-refractivity contribution in [3.05, 3.63) is 51.4 Å². The molecule has 3 aromatic rings. The number of hydrogen-bond acceptors (Lipinski definition) is 5. The largest absolute Gasteiger partial charge is 0.435 e. The van der Waals surface area contributed by atoms with Gasteiger partial charge >= 0.3 is 6.61 Å². The molecular formula is C19H17BrF2N4O3. The fraction of sp³-hybridized carbons (Fsp3) is 0.263. The van der Waals surface area contributed by atoms with Crippen molar-refractivity contribution in [1.29, 1.82) is 0 Å². The van der Waals surface area contributed by atoms with Gasteiger partial charge in [-0.05, 0) is 48.0 Å². The SMILES string of the molecule is CC(C)NC(=O)Cn1c(-c2cccc(OC(F)F)c2)nc2ncc(Br)cc2c1=O. The maximum absolute atomic E-state index is 13.1. The van der Waals surface area contributed by atoms with Crippen LogP contribution in [0.1, 0.15) is 13.8 Å². The molecule has 0 aliphatic rings. The van der Waals surface area contributed by atoms with Crippen LogP contribution >= 0.6 is 15.9 Å². The number of nitrogens with zero attached hydrogens (tertiary/aromatic N) is 3. The summed E-state index contributed by atoms with van der Waals surface area (Å²) < 4.78 is 31.4. The van der Waals surface area contributed by atoms with Gasteiger partial charge in [0.15, 0.2) is 5.65 Å². The molecule has 7 nitrogen and oxygen atoms in total. The fourth-order valence-electron chi connectivity index (χ4n) is 2.77. The predicted octanol–water partition coefficient (Wildman–Crippen LogP) is 3.35. The third kappa shape index (κ3) is 4.94. The second-order valence-corrected chi connectivity index (χ2v) is 7.40. The fourth-order valence-corrected chi connectivity index (χ4v) is 3.10.